The van der Waals surface area contributed by atoms with Crippen LogP contribution in [0.2, 0.25) is 0 Å². The van der Waals surface area contributed by atoms with Crippen LogP contribution in [-0.4, -0.2) is 96.7 Å². The first kappa shape index (κ1) is 96.1. The second kappa shape index (κ2) is 70.7. The van der Waals surface area contributed by atoms with Crippen molar-refractivity contribution < 1.29 is 80.2 Å². The Kier molecular flexibility index (Phi) is 69.3. The summed E-state index contributed by atoms with van der Waals surface area (Å²) in [5.74, 6) is -0.540. The van der Waals surface area contributed by atoms with E-state index in [0.717, 1.165) is 108 Å². The summed E-state index contributed by atoms with van der Waals surface area (Å²) in [4.78, 5) is 72.8. The fourth-order valence-electron chi connectivity index (χ4n) is 12.2. The number of carbonyl (C=O) groups is 4. The van der Waals surface area contributed by atoms with Crippen molar-refractivity contribution in [1.29, 1.82) is 0 Å². The second-order valence-electron chi connectivity index (χ2n) is 29.2. The van der Waals surface area contributed by atoms with E-state index < -0.39 is 97.5 Å². The Morgan fingerprint density at radius 3 is 0.776 bits per heavy atom. The molecule has 0 aromatic heterocycles. The quantitative estimate of drug-likeness (QED) is 0.0222. The Balaban J connectivity index is 5.19. The van der Waals surface area contributed by atoms with Gasteiger partial charge >= 0.3 is 39.5 Å². The first-order valence-corrected chi connectivity index (χ1v) is 44.0. The van der Waals surface area contributed by atoms with E-state index in [2.05, 4.69) is 41.5 Å². The van der Waals surface area contributed by atoms with Crippen LogP contribution in [0.4, 0.5) is 0 Å². The van der Waals surface area contributed by atoms with Crippen LogP contribution in [0.3, 0.4) is 0 Å². The Morgan fingerprint density at radius 1 is 0.296 bits per heavy atom. The Labute approximate surface area is 600 Å². The zero-order valence-corrected chi connectivity index (χ0v) is 65.9. The van der Waals surface area contributed by atoms with E-state index in [0.29, 0.717) is 25.7 Å². The SMILES string of the molecule is CCCCCCCCCCCCCCCCCCCCCCC(=O)O[C@H](COC(=O)CCCCCCCCCCCCCCCCCC(C)C)COP(=O)(O)OC[C@@H](O)COP(=O)(O)OC[C@@H](COC(=O)CCCCCCCCCC)OC(=O)CCCCCCCCCCC(C)CC. The van der Waals surface area contributed by atoms with E-state index in [1.807, 2.05) is 0 Å². The molecule has 0 saturated carbocycles. The maximum Gasteiger partial charge on any atom is 0.472 e. The van der Waals surface area contributed by atoms with E-state index >= 15 is 0 Å². The molecule has 0 spiro atoms. The van der Waals surface area contributed by atoms with E-state index in [4.69, 9.17) is 37.0 Å². The number of aliphatic hydroxyl groups is 1. The largest absolute Gasteiger partial charge is 0.472 e. The topological polar surface area (TPSA) is 237 Å². The molecule has 98 heavy (non-hydrogen) atoms. The molecule has 0 fully saturated rings. The molecule has 0 aliphatic rings. The van der Waals surface area contributed by atoms with Crippen LogP contribution in [0, 0.1) is 11.8 Å². The van der Waals surface area contributed by atoms with Gasteiger partial charge in [-0.25, -0.2) is 9.13 Å². The molecule has 0 aliphatic carbocycles. The number of phosphoric ester groups is 2. The maximum absolute atomic E-state index is 13.1. The normalized spacial score (nSPS) is 14.2. The minimum absolute atomic E-state index is 0.105. The van der Waals surface area contributed by atoms with Crippen LogP contribution in [0.5, 0.6) is 0 Å². The summed E-state index contributed by atoms with van der Waals surface area (Å²) in [6, 6.07) is 0. The predicted octanol–water partition coefficient (Wildman–Crippen LogP) is 23.5. The number of rotatable bonds is 78. The highest BCUT2D eigenvalue weighted by molar-refractivity contribution is 7.47. The van der Waals surface area contributed by atoms with Crippen LogP contribution in [0.15, 0.2) is 0 Å². The van der Waals surface area contributed by atoms with Gasteiger partial charge in [-0.15, -0.1) is 0 Å². The zero-order valence-electron chi connectivity index (χ0n) is 64.1. The monoisotopic (exact) mass is 1440 g/mol. The summed E-state index contributed by atoms with van der Waals surface area (Å²) in [7, 11) is -9.91. The predicted molar refractivity (Wildman–Crippen MR) is 400 cm³/mol. The molecule has 582 valence electrons. The maximum atomic E-state index is 13.1. The fraction of sp³-hybridized carbons (Fsp3) is 0.949. The van der Waals surface area contributed by atoms with Crippen LogP contribution >= 0.6 is 15.6 Å². The standard InChI is InChI=1S/C79H154O17P2/c1-7-10-12-14-16-18-19-20-21-22-23-24-25-28-32-35-38-45-51-57-63-78(83)95-75(68-90-77(82)62-56-50-44-37-34-31-29-26-27-30-33-36-41-47-53-59-71(4)5)70-94-98(87,88)92-66-73(80)65-91-97(85,86)93-69-74(67-89-76(81)61-55-49-43-17-15-13-11-8-2)96-79(84)64-58-52-46-40-39-42-48-54-60-72(6)9-3/h71-75,80H,7-70H2,1-6H3,(H,85,86)(H,87,88)/t72?,73-,74+,75+/m0/s1. The van der Waals surface area contributed by atoms with Crippen LogP contribution in [-0.2, 0) is 65.4 Å². The van der Waals surface area contributed by atoms with Gasteiger partial charge in [0, 0.05) is 25.7 Å². The summed E-state index contributed by atoms with van der Waals surface area (Å²) in [5, 5.41) is 10.6. The lowest BCUT2D eigenvalue weighted by Gasteiger charge is -2.21. The van der Waals surface area contributed by atoms with Crippen molar-refractivity contribution in [2.24, 2.45) is 11.8 Å². The fourth-order valence-corrected chi connectivity index (χ4v) is 13.7. The van der Waals surface area contributed by atoms with Crippen molar-refractivity contribution in [3.05, 3.63) is 0 Å². The van der Waals surface area contributed by atoms with Gasteiger partial charge in [0.15, 0.2) is 12.2 Å². The van der Waals surface area contributed by atoms with Gasteiger partial charge in [-0.1, -0.05) is 363 Å². The van der Waals surface area contributed by atoms with E-state index in [9.17, 15) is 43.2 Å². The third kappa shape index (κ3) is 71.1. The number of phosphoric acid groups is 2. The van der Waals surface area contributed by atoms with Gasteiger partial charge in [0.05, 0.1) is 26.4 Å². The first-order chi connectivity index (χ1) is 47.4. The molecule has 6 atom stereocenters. The minimum Gasteiger partial charge on any atom is -0.462 e. The lowest BCUT2D eigenvalue weighted by atomic mass is 9.99. The molecular weight excluding hydrogens is 1280 g/mol. The molecule has 0 heterocycles. The number of ether oxygens (including phenoxy) is 4. The van der Waals surface area contributed by atoms with E-state index in [1.54, 1.807) is 0 Å². The Morgan fingerprint density at radius 2 is 0.520 bits per heavy atom. The summed E-state index contributed by atoms with van der Waals surface area (Å²) in [5.41, 5.74) is 0. The van der Waals surface area contributed by atoms with Crippen LogP contribution in [0.1, 0.15) is 414 Å². The number of unbranched alkanes of at least 4 members (excludes halogenated alkanes) is 47. The third-order valence-corrected chi connectivity index (χ3v) is 20.7. The average Bonchev–Trinajstić information content (AvgIpc) is 1.09. The number of carbonyl (C=O) groups excluding carboxylic acids is 4. The lowest BCUT2D eigenvalue weighted by Crippen LogP contribution is -2.30. The highest BCUT2D eigenvalue weighted by Crippen LogP contribution is 2.45. The van der Waals surface area contributed by atoms with Gasteiger partial charge < -0.3 is 33.8 Å². The minimum atomic E-state index is -4.96. The van der Waals surface area contributed by atoms with Crippen LogP contribution < -0.4 is 0 Å². The molecule has 3 unspecified atom stereocenters. The van der Waals surface area contributed by atoms with Crippen molar-refractivity contribution in [3.63, 3.8) is 0 Å². The van der Waals surface area contributed by atoms with Crippen molar-refractivity contribution in [2.45, 2.75) is 432 Å². The van der Waals surface area contributed by atoms with Crippen molar-refractivity contribution in [2.75, 3.05) is 39.6 Å². The molecule has 19 heteroatoms. The van der Waals surface area contributed by atoms with Gasteiger partial charge in [-0.05, 0) is 37.5 Å². The third-order valence-electron chi connectivity index (χ3n) is 18.8. The summed E-state index contributed by atoms with van der Waals surface area (Å²) in [6.45, 7) is 9.61. The number of aliphatic hydroxyl groups excluding tert-OH is 1. The van der Waals surface area contributed by atoms with E-state index in [1.165, 1.54) is 225 Å². The summed E-state index contributed by atoms with van der Waals surface area (Å²) in [6.07, 6.45) is 59.8. The highest BCUT2D eigenvalue weighted by atomic mass is 31.2. The lowest BCUT2D eigenvalue weighted by molar-refractivity contribution is -0.161. The molecule has 0 bridgehead atoms. The second-order valence-corrected chi connectivity index (χ2v) is 32.1. The van der Waals surface area contributed by atoms with Gasteiger partial charge in [0.25, 0.3) is 0 Å². The molecule has 3 N–H and O–H groups in total. The zero-order chi connectivity index (χ0) is 72.1. The van der Waals surface area contributed by atoms with Gasteiger partial charge in [-0.2, -0.15) is 0 Å². The summed E-state index contributed by atoms with van der Waals surface area (Å²) >= 11 is 0. The molecular formula is C79H154O17P2. The number of hydrogen-bond acceptors (Lipinski definition) is 15. The van der Waals surface area contributed by atoms with Crippen molar-refractivity contribution in [1.82, 2.24) is 0 Å². The van der Waals surface area contributed by atoms with Gasteiger partial charge in [-0.3, -0.25) is 37.3 Å². The number of esters is 4. The molecule has 0 aliphatic heterocycles. The van der Waals surface area contributed by atoms with Gasteiger partial charge in [0.2, 0.25) is 0 Å². The molecule has 0 rings (SSSR count). The van der Waals surface area contributed by atoms with E-state index in [-0.39, 0.29) is 25.7 Å². The Bertz CT molecular complexity index is 1890. The Hall–Kier alpha value is -1.94. The van der Waals surface area contributed by atoms with Crippen LogP contribution in [0.25, 0.3) is 0 Å². The highest BCUT2D eigenvalue weighted by Gasteiger charge is 2.30. The molecule has 0 aromatic rings. The summed E-state index contributed by atoms with van der Waals surface area (Å²) < 4.78 is 68.6. The molecule has 17 nitrogen and oxygen atoms in total. The molecule has 0 amide bonds. The smallest absolute Gasteiger partial charge is 0.462 e. The number of hydrogen-bond donors (Lipinski definition) is 3. The molecule has 0 radical (unpaired) electrons. The average molecular weight is 1440 g/mol. The van der Waals surface area contributed by atoms with Crippen molar-refractivity contribution >= 4 is 39.5 Å². The van der Waals surface area contributed by atoms with Crippen molar-refractivity contribution in [3.8, 4) is 0 Å². The molecule has 0 aromatic carbocycles. The molecule has 0 saturated heterocycles. The van der Waals surface area contributed by atoms with Gasteiger partial charge in [0.1, 0.15) is 19.3 Å². The first-order valence-electron chi connectivity index (χ1n) is 41.0.